The molecule has 1 aliphatic rings. The molecule has 1 aliphatic carbocycles. The standard InChI is InChI=1S/C10H18O3/c1-3-10(9(12)13-4-2)6-5-8(11)7-10/h8,11H,3-7H2,1-2H3. The van der Waals surface area contributed by atoms with Gasteiger partial charge in [0.1, 0.15) is 0 Å². The summed E-state index contributed by atoms with van der Waals surface area (Å²) in [6, 6.07) is 0. The molecule has 0 aromatic rings. The third kappa shape index (κ3) is 2.02. The van der Waals surface area contributed by atoms with E-state index in [4.69, 9.17) is 4.74 Å². The van der Waals surface area contributed by atoms with Crippen molar-refractivity contribution in [2.24, 2.45) is 5.41 Å². The predicted molar refractivity (Wildman–Crippen MR) is 49.2 cm³/mol. The Morgan fingerprint density at radius 2 is 2.31 bits per heavy atom. The van der Waals surface area contributed by atoms with E-state index in [1.54, 1.807) is 0 Å². The second-order valence-electron chi connectivity index (χ2n) is 3.75. The zero-order valence-corrected chi connectivity index (χ0v) is 8.38. The molecule has 1 rings (SSSR count). The Hall–Kier alpha value is -0.570. The number of ether oxygens (including phenoxy) is 1. The molecule has 1 saturated carbocycles. The van der Waals surface area contributed by atoms with E-state index in [9.17, 15) is 9.90 Å². The third-order valence-electron chi connectivity index (χ3n) is 2.97. The minimum Gasteiger partial charge on any atom is -0.466 e. The first-order valence-corrected chi connectivity index (χ1v) is 5.00. The molecule has 0 spiro atoms. The number of aliphatic hydroxyl groups excluding tert-OH is 1. The molecule has 0 heterocycles. The van der Waals surface area contributed by atoms with Crippen LogP contribution in [0.4, 0.5) is 0 Å². The molecule has 3 nitrogen and oxygen atoms in total. The lowest BCUT2D eigenvalue weighted by Gasteiger charge is -2.24. The lowest BCUT2D eigenvalue weighted by Crippen LogP contribution is -2.30. The van der Waals surface area contributed by atoms with Crippen molar-refractivity contribution >= 4 is 5.97 Å². The van der Waals surface area contributed by atoms with Crippen LogP contribution in [0.25, 0.3) is 0 Å². The molecule has 2 atom stereocenters. The molecule has 0 bridgehead atoms. The first-order valence-electron chi connectivity index (χ1n) is 5.00. The van der Waals surface area contributed by atoms with Crippen molar-refractivity contribution in [2.45, 2.75) is 45.6 Å². The van der Waals surface area contributed by atoms with Gasteiger partial charge in [0.05, 0.1) is 18.1 Å². The van der Waals surface area contributed by atoms with Gasteiger partial charge in [0.25, 0.3) is 0 Å². The number of hydrogen-bond donors (Lipinski definition) is 1. The summed E-state index contributed by atoms with van der Waals surface area (Å²) < 4.78 is 5.02. The monoisotopic (exact) mass is 186 g/mol. The van der Waals surface area contributed by atoms with Gasteiger partial charge >= 0.3 is 5.97 Å². The Kier molecular flexibility index (Phi) is 3.31. The van der Waals surface area contributed by atoms with Gasteiger partial charge in [0.15, 0.2) is 0 Å². The maximum Gasteiger partial charge on any atom is 0.312 e. The highest BCUT2D eigenvalue weighted by Gasteiger charge is 2.44. The Bertz CT molecular complexity index is 191. The van der Waals surface area contributed by atoms with Crippen molar-refractivity contribution in [3.63, 3.8) is 0 Å². The second kappa shape index (κ2) is 4.09. The van der Waals surface area contributed by atoms with E-state index in [1.807, 2.05) is 13.8 Å². The van der Waals surface area contributed by atoms with E-state index in [0.717, 1.165) is 19.3 Å². The van der Waals surface area contributed by atoms with Gasteiger partial charge < -0.3 is 9.84 Å². The average molecular weight is 186 g/mol. The Morgan fingerprint density at radius 3 is 2.69 bits per heavy atom. The van der Waals surface area contributed by atoms with E-state index in [1.165, 1.54) is 0 Å². The van der Waals surface area contributed by atoms with Crippen LogP contribution in [0.15, 0.2) is 0 Å². The minimum atomic E-state index is -0.393. The predicted octanol–water partition coefficient (Wildman–Crippen LogP) is 1.49. The fourth-order valence-electron chi connectivity index (χ4n) is 2.03. The van der Waals surface area contributed by atoms with Gasteiger partial charge in [-0.05, 0) is 32.6 Å². The number of carbonyl (C=O) groups excluding carboxylic acids is 1. The van der Waals surface area contributed by atoms with E-state index in [2.05, 4.69) is 0 Å². The zero-order chi connectivity index (χ0) is 9.90. The van der Waals surface area contributed by atoms with E-state index >= 15 is 0 Å². The fraction of sp³-hybridized carbons (Fsp3) is 0.900. The van der Waals surface area contributed by atoms with Crippen molar-refractivity contribution in [3.05, 3.63) is 0 Å². The first kappa shape index (κ1) is 10.5. The number of hydrogen-bond acceptors (Lipinski definition) is 3. The van der Waals surface area contributed by atoms with Crippen LogP contribution in [0, 0.1) is 5.41 Å². The number of esters is 1. The lowest BCUT2D eigenvalue weighted by atomic mass is 9.83. The summed E-state index contributed by atoms with van der Waals surface area (Å²) in [5.74, 6) is -0.131. The van der Waals surface area contributed by atoms with Crippen LogP contribution in [0.1, 0.15) is 39.5 Å². The average Bonchev–Trinajstić information content (AvgIpc) is 2.49. The normalized spacial score (nSPS) is 33.3. The molecule has 0 aromatic heterocycles. The summed E-state index contributed by atoms with van der Waals surface area (Å²) in [4.78, 5) is 11.6. The number of aliphatic hydroxyl groups is 1. The maximum absolute atomic E-state index is 11.6. The van der Waals surface area contributed by atoms with Crippen molar-refractivity contribution < 1.29 is 14.6 Å². The van der Waals surface area contributed by atoms with Crippen LogP contribution in [-0.4, -0.2) is 23.8 Å². The van der Waals surface area contributed by atoms with Crippen molar-refractivity contribution in [3.8, 4) is 0 Å². The van der Waals surface area contributed by atoms with Gasteiger partial charge in [-0.3, -0.25) is 4.79 Å². The van der Waals surface area contributed by atoms with Crippen LogP contribution >= 0.6 is 0 Å². The molecule has 0 aromatic carbocycles. The molecule has 1 fully saturated rings. The van der Waals surface area contributed by atoms with Crippen LogP contribution in [0.5, 0.6) is 0 Å². The molecule has 13 heavy (non-hydrogen) atoms. The molecule has 1 N–H and O–H groups in total. The van der Waals surface area contributed by atoms with Crippen molar-refractivity contribution in [1.82, 2.24) is 0 Å². The largest absolute Gasteiger partial charge is 0.466 e. The zero-order valence-electron chi connectivity index (χ0n) is 8.38. The molecule has 76 valence electrons. The minimum absolute atomic E-state index is 0.131. The molecule has 0 saturated heterocycles. The third-order valence-corrected chi connectivity index (χ3v) is 2.97. The summed E-state index contributed by atoms with van der Waals surface area (Å²) in [6.07, 6.45) is 2.52. The van der Waals surface area contributed by atoms with Gasteiger partial charge in [0.2, 0.25) is 0 Å². The Balaban J connectivity index is 2.64. The smallest absolute Gasteiger partial charge is 0.312 e. The summed E-state index contributed by atoms with van der Waals surface area (Å²) in [7, 11) is 0. The Morgan fingerprint density at radius 1 is 1.62 bits per heavy atom. The summed E-state index contributed by atoms with van der Waals surface area (Å²) >= 11 is 0. The Labute approximate surface area is 79.1 Å². The van der Waals surface area contributed by atoms with Crippen molar-refractivity contribution in [2.75, 3.05) is 6.61 Å². The number of rotatable bonds is 3. The van der Waals surface area contributed by atoms with Gasteiger partial charge in [0, 0.05) is 0 Å². The van der Waals surface area contributed by atoms with Crippen LogP contribution in [0.2, 0.25) is 0 Å². The van der Waals surface area contributed by atoms with E-state index in [0.29, 0.717) is 13.0 Å². The van der Waals surface area contributed by atoms with E-state index < -0.39 is 5.41 Å². The summed E-state index contributed by atoms with van der Waals surface area (Å²) in [5, 5.41) is 9.41. The molecular weight excluding hydrogens is 168 g/mol. The lowest BCUT2D eigenvalue weighted by molar-refractivity contribution is -0.155. The molecule has 3 heteroatoms. The SMILES string of the molecule is CCOC(=O)C1(CC)CCC(O)C1. The molecule has 0 amide bonds. The second-order valence-corrected chi connectivity index (χ2v) is 3.75. The highest BCUT2D eigenvalue weighted by molar-refractivity contribution is 5.77. The quantitative estimate of drug-likeness (QED) is 0.679. The highest BCUT2D eigenvalue weighted by atomic mass is 16.5. The molecular formula is C10H18O3. The molecule has 0 aliphatic heterocycles. The van der Waals surface area contributed by atoms with Crippen LogP contribution in [0.3, 0.4) is 0 Å². The van der Waals surface area contributed by atoms with E-state index in [-0.39, 0.29) is 12.1 Å². The van der Waals surface area contributed by atoms with Gasteiger partial charge in [-0.2, -0.15) is 0 Å². The van der Waals surface area contributed by atoms with Crippen molar-refractivity contribution in [1.29, 1.82) is 0 Å². The summed E-state index contributed by atoms with van der Waals surface area (Å²) in [5.41, 5.74) is -0.393. The topological polar surface area (TPSA) is 46.5 Å². The number of carbonyl (C=O) groups is 1. The fourth-order valence-corrected chi connectivity index (χ4v) is 2.03. The molecule has 0 radical (unpaired) electrons. The summed E-state index contributed by atoms with van der Waals surface area (Å²) in [6.45, 7) is 4.22. The highest BCUT2D eigenvalue weighted by Crippen LogP contribution is 2.42. The first-order chi connectivity index (χ1) is 6.14. The maximum atomic E-state index is 11.6. The van der Waals surface area contributed by atoms with Gasteiger partial charge in [-0.1, -0.05) is 6.92 Å². The molecule has 2 unspecified atom stereocenters. The van der Waals surface area contributed by atoms with Crippen LogP contribution < -0.4 is 0 Å². The van der Waals surface area contributed by atoms with Gasteiger partial charge in [-0.15, -0.1) is 0 Å². The van der Waals surface area contributed by atoms with Crippen LogP contribution in [-0.2, 0) is 9.53 Å². The van der Waals surface area contributed by atoms with Gasteiger partial charge in [-0.25, -0.2) is 0 Å².